The van der Waals surface area contributed by atoms with Crippen LogP contribution in [0.15, 0.2) is 35.0 Å². The van der Waals surface area contributed by atoms with Crippen LogP contribution >= 0.6 is 0 Å². The molecular weight excluding hydrogens is 214 g/mol. The van der Waals surface area contributed by atoms with Crippen molar-refractivity contribution in [1.82, 2.24) is 0 Å². The van der Waals surface area contributed by atoms with E-state index in [-0.39, 0.29) is 12.0 Å². The minimum absolute atomic E-state index is 0.218. The Morgan fingerprint density at radius 2 is 2.29 bits per heavy atom. The summed E-state index contributed by atoms with van der Waals surface area (Å²) in [5.41, 5.74) is 3.36. The Bertz CT molecular complexity index is 503. The normalized spacial score (nSPS) is 23.1. The quantitative estimate of drug-likeness (QED) is 0.845. The van der Waals surface area contributed by atoms with Crippen LogP contribution in [-0.4, -0.2) is 24.0 Å². The standard InChI is InChI=1S/C14H15NO2/c1-9(16)6-10-7-15-12-8-17-13-5-3-2-4-11(13)14(10)12/h2-5,7,9-10,16H,6,8H2,1H3. The van der Waals surface area contributed by atoms with Crippen LogP contribution in [0.5, 0.6) is 5.75 Å². The number of rotatable bonds is 2. The maximum Gasteiger partial charge on any atom is 0.131 e. The summed E-state index contributed by atoms with van der Waals surface area (Å²) in [5.74, 6) is 1.14. The number of ether oxygens (including phenoxy) is 1. The summed E-state index contributed by atoms with van der Waals surface area (Å²) in [4.78, 5) is 4.41. The smallest absolute Gasteiger partial charge is 0.131 e. The molecule has 0 fully saturated rings. The van der Waals surface area contributed by atoms with E-state index in [2.05, 4.69) is 11.1 Å². The molecule has 0 aromatic heterocycles. The van der Waals surface area contributed by atoms with Crippen molar-refractivity contribution >= 4 is 11.8 Å². The molecule has 1 aromatic rings. The first-order valence-electron chi connectivity index (χ1n) is 5.93. The van der Waals surface area contributed by atoms with Gasteiger partial charge in [-0.15, -0.1) is 0 Å². The van der Waals surface area contributed by atoms with Gasteiger partial charge in [-0.05, 0) is 25.0 Å². The number of hydrogen-bond donors (Lipinski definition) is 1. The first-order chi connectivity index (χ1) is 8.25. The van der Waals surface area contributed by atoms with E-state index < -0.39 is 0 Å². The van der Waals surface area contributed by atoms with Crippen LogP contribution < -0.4 is 4.74 Å². The summed E-state index contributed by atoms with van der Waals surface area (Å²) in [5, 5.41) is 9.54. The van der Waals surface area contributed by atoms with Gasteiger partial charge < -0.3 is 9.84 Å². The number of hydrogen-bond acceptors (Lipinski definition) is 3. The fourth-order valence-corrected chi connectivity index (χ4v) is 2.52. The van der Waals surface area contributed by atoms with Gasteiger partial charge in [0.25, 0.3) is 0 Å². The molecule has 0 spiro atoms. The Labute approximate surface area is 100 Å². The molecule has 1 N–H and O–H groups in total. The van der Waals surface area contributed by atoms with Gasteiger partial charge in [0.15, 0.2) is 0 Å². The Hall–Kier alpha value is -1.61. The first-order valence-corrected chi connectivity index (χ1v) is 5.93. The van der Waals surface area contributed by atoms with E-state index in [1.165, 1.54) is 5.57 Å². The molecule has 88 valence electrons. The SMILES string of the molecule is CC(O)CC1C=NC2=C1c1ccccc1OC2. The van der Waals surface area contributed by atoms with Gasteiger partial charge in [-0.3, -0.25) is 4.99 Å². The van der Waals surface area contributed by atoms with E-state index in [0.717, 1.165) is 23.4 Å². The molecular formula is C14H15NO2. The number of nitrogens with zero attached hydrogens (tertiary/aromatic N) is 1. The lowest BCUT2D eigenvalue weighted by Gasteiger charge is -2.22. The second-order valence-corrected chi connectivity index (χ2v) is 4.61. The van der Waals surface area contributed by atoms with Crippen molar-refractivity contribution in [1.29, 1.82) is 0 Å². The molecule has 3 heteroatoms. The molecule has 2 atom stereocenters. The molecule has 0 bridgehead atoms. The third-order valence-electron chi connectivity index (χ3n) is 3.23. The highest BCUT2D eigenvalue weighted by atomic mass is 16.5. The van der Waals surface area contributed by atoms with Crippen molar-refractivity contribution in [3.63, 3.8) is 0 Å². The van der Waals surface area contributed by atoms with Crippen LogP contribution in [0, 0.1) is 5.92 Å². The van der Waals surface area contributed by atoms with Crippen LogP contribution in [0.2, 0.25) is 0 Å². The van der Waals surface area contributed by atoms with E-state index in [0.29, 0.717) is 6.61 Å². The van der Waals surface area contributed by atoms with Crippen molar-refractivity contribution in [2.45, 2.75) is 19.4 Å². The lowest BCUT2D eigenvalue weighted by molar-refractivity contribution is 0.180. The molecule has 1 aromatic carbocycles. The molecule has 2 aliphatic heterocycles. The summed E-state index contributed by atoms with van der Waals surface area (Å²) in [6.07, 6.45) is 2.34. The maximum absolute atomic E-state index is 9.54. The van der Waals surface area contributed by atoms with Crippen molar-refractivity contribution in [3.05, 3.63) is 35.5 Å². The molecule has 2 unspecified atom stereocenters. The minimum Gasteiger partial charge on any atom is -0.487 e. The summed E-state index contributed by atoms with van der Waals surface area (Å²) in [6, 6.07) is 8.03. The van der Waals surface area contributed by atoms with Crippen LogP contribution in [0.3, 0.4) is 0 Å². The number of fused-ring (bicyclic) bond motifs is 2. The Morgan fingerprint density at radius 1 is 1.47 bits per heavy atom. The fourth-order valence-electron chi connectivity index (χ4n) is 2.52. The van der Waals surface area contributed by atoms with Gasteiger partial charge in [0, 0.05) is 17.7 Å². The molecule has 0 saturated heterocycles. The summed E-state index contributed by atoms with van der Waals surface area (Å²) >= 11 is 0. The van der Waals surface area contributed by atoms with Crippen LogP contribution in [-0.2, 0) is 0 Å². The highest BCUT2D eigenvalue weighted by Crippen LogP contribution is 2.41. The zero-order valence-corrected chi connectivity index (χ0v) is 9.76. The monoisotopic (exact) mass is 229 g/mol. The Morgan fingerprint density at radius 3 is 3.12 bits per heavy atom. The van der Waals surface area contributed by atoms with Gasteiger partial charge in [-0.1, -0.05) is 18.2 Å². The Kier molecular flexibility index (Phi) is 2.48. The predicted octanol–water partition coefficient (Wildman–Crippen LogP) is 2.26. The van der Waals surface area contributed by atoms with E-state index in [9.17, 15) is 5.11 Å². The molecule has 0 saturated carbocycles. The van der Waals surface area contributed by atoms with Crippen LogP contribution in [0.25, 0.3) is 5.57 Å². The highest BCUT2D eigenvalue weighted by Gasteiger charge is 2.29. The van der Waals surface area contributed by atoms with Crippen molar-refractivity contribution in [2.24, 2.45) is 10.9 Å². The van der Waals surface area contributed by atoms with Crippen molar-refractivity contribution in [2.75, 3.05) is 6.61 Å². The fraction of sp³-hybridized carbons (Fsp3) is 0.357. The Balaban J connectivity index is 2.01. The van der Waals surface area contributed by atoms with Gasteiger partial charge in [-0.25, -0.2) is 0 Å². The van der Waals surface area contributed by atoms with Crippen molar-refractivity contribution in [3.8, 4) is 5.75 Å². The number of para-hydroxylation sites is 1. The topological polar surface area (TPSA) is 41.8 Å². The average molecular weight is 229 g/mol. The van der Waals surface area contributed by atoms with Crippen molar-refractivity contribution < 1.29 is 9.84 Å². The largest absolute Gasteiger partial charge is 0.487 e. The lowest BCUT2D eigenvalue weighted by Crippen LogP contribution is -2.15. The summed E-state index contributed by atoms with van der Waals surface area (Å²) in [7, 11) is 0. The molecule has 2 heterocycles. The zero-order valence-electron chi connectivity index (χ0n) is 9.76. The average Bonchev–Trinajstić information content (AvgIpc) is 2.72. The zero-order chi connectivity index (χ0) is 11.8. The second-order valence-electron chi connectivity index (χ2n) is 4.61. The molecule has 0 radical (unpaired) electrons. The first kappa shape index (κ1) is 10.5. The molecule has 2 aliphatic rings. The second kappa shape index (κ2) is 4.00. The van der Waals surface area contributed by atoms with Gasteiger partial charge in [0.05, 0.1) is 11.8 Å². The third-order valence-corrected chi connectivity index (χ3v) is 3.23. The minimum atomic E-state index is -0.312. The maximum atomic E-state index is 9.54. The molecule has 3 rings (SSSR count). The van der Waals surface area contributed by atoms with E-state index in [4.69, 9.17) is 4.74 Å². The van der Waals surface area contributed by atoms with Crippen LogP contribution in [0.4, 0.5) is 0 Å². The number of aliphatic hydroxyl groups is 1. The lowest BCUT2D eigenvalue weighted by atomic mass is 9.88. The van der Waals surface area contributed by atoms with Crippen LogP contribution in [0.1, 0.15) is 18.9 Å². The summed E-state index contributed by atoms with van der Waals surface area (Å²) < 4.78 is 5.66. The molecule has 17 heavy (non-hydrogen) atoms. The van der Waals surface area contributed by atoms with E-state index in [1.807, 2.05) is 31.3 Å². The molecule has 3 nitrogen and oxygen atoms in total. The number of aliphatic imine (C=N–C) groups is 1. The number of benzene rings is 1. The number of allylic oxidation sites excluding steroid dienone is 1. The number of aliphatic hydroxyl groups excluding tert-OH is 1. The predicted molar refractivity (Wildman–Crippen MR) is 67.1 cm³/mol. The molecule has 0 amide bonds. The highest BCUT2D eigenvalue weighted by molar-refractivity contribution is 5.92. The van der Waals surface area contributed by atoms with E-state index >= 15 is 0 Å². The molecule has 0 aliphatic carbocycles. The van der Waals surface area contributed by atoms with Gasteiger partial charge >= 0.3 is 0 Å². The van der Waals surface area contributed by atoms with Gasteiger partial charge in [-0.2, -0.15) is 0 Å². The summed E-state index contributed by atoms with van der Waals surface area (Å²) in [6.45, 7) is 2.36. The van der Waals surface area contributed by atoms with E-state index in [1.54, 1.807) is 0 Å². The van der Waals surface area contributed by atoms with Gasteiger partial charge in [0.1, 0.15) is 12.4 Å². The third kappa shape index (κ3) is 1.76. The van der Waals surface area contributed by atoms with Gasteiger partial charge in [0.2, 0.25) is 0 Å².